The van der Waals surface area contributed by atoms with Gasteiger partial charge in [-0.3, -0.25) is 9.59 Å². The Bertz CT molecular complexity index is 757. The molecule has 0 N–H and O–H groups in total. The molecule has 2 aromatic heterocycles. The summed E-state index contributed by atoms with van der Waals surface area (Å²) < 4.78 is 1.88. The highest BCUT2D eigenvalue weighted by atomic mass is 16.1. The van der Waals surface area contributed by atoms with E-state index in [-0.39, 0.29) is 16.8 Å². The number of carbonyl (C=O) groups excluding carboxylic acids is 1. The Hall–Kier alpha value is -1.97. The molecule has 4 nitrogen and oxygen atoms in total. The van der Waals surface area contributed by atoms with Gasteiger partial charge in [0.05, 0.1) is 10.9 Å². The largest absolute Gasteiger partial charge is 0.332 e. The second-order valence-electron chi connectivity index (χ2n) is 6.05. The van der Waals surface area contributed by atoms with Gasteiger partial charge < -0.3 is 4.57 Å². The molecule has 0 aliphatic rings. The first-order chi connectivity index (χ1) is 9.81. The van der Waals surface area contributed by atoms with Crippen molar-refractivity contribution >= 4 is 16.8 Å². The van der Waals surface area contributed by atoms with Crippen LogP contribution in [0, 0.1) is 12.3 Å². The van der Waals surface area contributed by atoms with E-state index in [9.17, 15) is 9.59 Å². The maximum atomic E-state index is 12.7. The van der Waals surface area contributed by atoms with Crippen LogP contribution < -0.4 is 5.43 Å². The Morgan fingerprint density at radius 2 is 1.95 bits per heavy atom. The molecular formula is C17H22N2O2. The van der Waals surface area contributed by atoms with Gasteiger partial charge in [-0.25, -0.2) is 4.98 Å². The van der Waals surface area contributed by atoms with E-state index in [1.165, 1.54) is 0 Å². The van der Waals surface area contributed by atoms with Crippen LogP contribution in [0.4, 0.5) is 0 Å². The van der Waals surface area contributed by atoms with Crippen molar-refractivity contribution in [1.29, 1.82) is 0 Å². The summed E-state index contributed by atoms with van der Waals surface area (Å²) in [6.45, 7) is 10.3. The number of pyridine rings is 2. The van der Waals surface area contributed by atoms with Crippen LogP contribution in [0.5, 0.6) is 0 Å². The van der Waals surface area contributed by atoms with Gasteiger partial charge in [-0.05, 0) is 32.4 Å². The molecule has 0 unspecified atom stereocenters. The highest BCUT2D eigenvalue weighted by Gasteiger charge is 2.29. The van der Waals surface area contributed by atoms with E-state index in [0.717, 1.165) is 5.69 Å². The van der Waals surface area contributed by atoms with Gasteiger partial charge in [-0.15, -0.1) is 0 Å². The van der Waals surface area contributed by atoms with Gasteiger partial charge in [0, 0.05) is 23.9 Å². The molecule has 2 aromatic rings. The molecule has 0 bridgehead atoms. The quantitative estimate of drug-likeness (QED) is 0.810. The minimum Gasteiger partial charge on any atom is -0.332 e. The maximum Gasteiger partial charge on any atom is 0.201 e. The number of fused-ring (bicyclic) bond motifs is 1. The van der Waals surface area contributed by atoms with Crippen LogP contribution in [-0.2, 0) is 6.54 Å². The molecule has 21 heavy (non-hydrogen) atoms. The summed E-state index contributed by atoms with van der Waals surface area (Å²) in [7, 11) is 0. The molecule has 0 saturated heterocycles. The summed E-state index contributed by atoms with van der Waals surface area (Å²) in [6, 6.07) is 3.57. The molecule has 0 spiro atoms. The molecule has 0 saturated carbocycles. The molecular weight excluding hydrogens is 264 g/mol. The fourth-order valence-electron chi connectivity index (χ4n) is 2.29. The molecule has 112 valence electrons. The number of aryl methyl sites for hydroxylation is 2. The van der Waals surface area contributed by atoms with Crippen LogP contribution >= 0.6 is 0 Å². The highest BCUT2D eigenvalue weighted by Crippen LogP contribution is 2.25. The van der Waals surface area contributed by atoms with E-state index < -0.39 is 5.41 Å². The first-order valence-corrected chi connectivity index (χ1v) is 7.37. The molecule has 0 amide bonds. The Morgan fingerprint density at radius 3 is 2.52 bits per heavy atom. The fourth-order valence-corrected chi connectivity index (χ4v) is 2.29. The first-order valence-electron chi connectivity index (χ1n) is 7.37. The van der Waals surface area contributed by atoms with Gasteiger partial charge >= 0.3 is 0 Å². The normalized spacial score (nSPS) is 11.9. The number of hydrogen-bond acceptors (Lipinski definition) is 3. The smallest absolute Gasteiger partial charge is 0.201 e. The predicted molar refractivity (Wildman–Crippen MR) is 84.8 cm³/mol. The van der Waals surface area contributed by atoms with Crippen LogP contribution in [0.25, 0.3) is 11.0 Å². The van der Waals surface area contributed by atoms with E-state index in [0.29, 0.717) is 24.0 Å². The van der Waals surface area contributed by atoms with Crippen molar-refractivity contribution in [3.8, 4) is 0 Å². The van der Waals surface area contributed by atoms with Gasteiger partial charge in [-0.2, -0.15) is 0 Å². The third-order valence-corrected chi connectivity index (χ3v) is 4.14. The standard InChI is InChI=1S/C17H22N2O2/c1-6-17(4,5)15(21)13-10-19(7-2)16-12(14(13)20)9-8-11(3)18-16/h8-10H,6-7H2,1-5H3. The molecule has 0 aliphatic carbocycles. The van der Waals surface area contributed by atoms with Crippen molar-refractivity contribution in [3.63, 3.8) is 0 Å². The summed E-state index contributed by atoms with van der Waals surface area (Å²) in [5, 5.41) is 0.514. The zero-order valence-electron chi connectivity index (χ0n) is 13.4. The molecule has 0 aliphatic heterocycles. The topological polar surface area (TPSA) is 52.0 Å². The van der Waals surface area contributed by atoms with Crippen molar-refractivity contribution in [3.05, 3.63) is 39.8 Å². The lowest BCUT2D eigenvalue weighted by Gasteiger charge is -2.21. The van der Waals surface area contributed by atoms with Crippen molar-refractivity contribution < 1.29 is 4.79 Å². The van der Waals surface area contributed by atoms with Crippen LogP contribution in [0.2, 0.25) is 0 Å². The number of hydrogen-bond donors (Lipinski definition) is 0. The van der Waals surface area contributed by atoms with Gasteiger partial charge in [-0.1, -0.05) is 20.8 Å². The van der Waals surface area contributed by atoms with Gasteiger partial charge in [0.25, 0.3) is 0 Å². The van der Waals surface area contributed by atoms with Gasteiger partial charge in [0.2, 0.25) is 5.43 Å². The molecule has 2 heterocycles. The van der Waals surface area contributed by atoms with E-state index in [1.807, 2.05) is 45.3 Å². The number of ketones is 1. The first kappa shape index (κ1) is 15.4. The monoisotopic (exact) mass is 286 g/mol. The number of Topliss-reactive ketones (excluding diaryl/α,β-unsaturated/α-hetero) is 1. The zero-order chi connectivity index (χ0) is 15.8. The molecule has 2 rings (SSSR count). The molecule has 0 aromatic carbocycles. The van der Waals surface area contributed by atoms with E-state index in [4.69, 9.17) is 0 Å². The van der Waals surface area contributed by atoms with Crippen molar-refractivity contribution in [2.45, 2.75) is 47.6 Å². The van der Waals surface area contributed by atoms with Gasteiger partial charge in [0.1, 0.15) is 5.65 Å². The van der Waals surface area contributed by atoms with Gasteiger partial charge in [0.15, 0.2) is 5.78 Å². The second-order valence-corrected chi connectivity index (χ2v) is 6.05. The van der Waals surface area contributed by atoms with Crippen molar-refractivity contribution in [2.75, 3.05) is 0 Å². The highest BCUT2D eigenvalue weighted by molar-refractivity contribution is 6.01. The Kier molecular flexibility index (Phi) is 3.99. The lowest BCUT2D eigenvalue weighted by molar-refractivity contribution is 0.0831. The Morgan fingerprint density at radius 1 is 1.29 bits per heavy atom. The van der Waals surface area contributed by atoms with Crippen molar-refractivity contribution in [2.24, 2.45) is 5.41 Å². The van der Waals surface area contributed by atoms with E-state index in [1.54, 1.807) is 12.3 Å². The zero-order valence-corrected chi connectivity index (χ0v) is 13.4. The minimum absolute atomic E-state index is 0.0975. The number of carbonyl (C=O) groups is 1. The number of nitrogens with zero attached hydrogens (tertiary/aromatic N) is 2. The summed E-state index contributed by atoms with van der Waals surface area (Å²) in [5.74, 6) is -0.0975. The maximum absolute atomic E-state index is 12.7. The third kappa shape index (κ3) is 2.62. The second kappa shape index (κ2) is 5.43. The lowest BCUT2D eigenvalue weighted by atomic mass is 9.82. The minimum atomic E-state index is -0.531. The lowest BCUT2D eigenvalue weighted by Crippen LogP contribution is -2.30. The van der Waals surface area contributed by atoms with Crippen LogP contribution in [0.15, 0.2) is 23.1 Å². The number of aromatic nitrogens is 2. The average molecular weight is 286 g/mol. The molecule has 0 atom stereocenters. The molecule has 4 heteroatoms. The predicted octanol–water partition coefficient (Wildman–Crippen LogP) is 3.34. The van der Waals surface area contributed by atoms with Crippen molar-refractivity contribution in [1.82, 2.24) is 9.55 Å². The van der Waals surface area contributed by atoms with E-state index in [2.05, 4.69) is 4.98 Å². The summed E-state index contributed by atoms with van der Waals surface area (Å²) >= 11 is 0. The summed E-state index contributed by atoms with van der Waals surface area (Å²) in [5.41, 5.74) is 1.03. The fraction of sp³-hybridized carbons (Fsp3) is 0.471. The van der Waals surface area contributed by atoms with Crippen LogP contribution in [-0.4, -0.2) is 15.3 Å². The van der Waals surface area contributed by atoms with Crippen LogP contribution in [0.3, 0.4) is 0 Å². The summed E-state index contributed by atoms with van der Waals surface area (Å²) in [4.78, 5) is 29.7. The SMILES string of the molecule is CCn1cc(C(=O)C(C)(C)CC)c(=O)c2ccc(C)nc21. The number of rotatable bonds is 4. The van der Waals surface area contributed by atoms with E-state index >= 15 is 0 Å². The molecule has 0 radical (unpaired) electrons. The third-order valence-electron chi connectivity index (χ3n) is 4.14. The van der Waals surface area contributed by atoms with Crippen LogP contribution in [0.1, 0.15) is 50.2 Å². The molecule has 0 fully saturated rings. The Labute approximate surface area is 124 Å². The Balaban J connectivity index is 2.78. The summed E-state index contributed by atoms with van der Waals surface area (Å²) in [6.07, 6.45) is 2.36. The average Bonchev–Trinajstić information content (AvgIpc) is 2.47.